The van der Waals surface area contributed by atoms with Crippen molar-refractivity contribution in [2.45, 2.75) is 25.7 Å². The summed E-state index contributed by atoms with van der Waals surface area (Å²) in [6, 6.07) is 13.9. The molecule has 130 valence electrons. The van der Waals surface area contributed by atoms with Crippen molar-refractivity contribution < 1.29 is 14.3 Å². The van der Waals surface area contributed by atoms with Crippen LogP contribution in [0.3, 0.4) is 0 Å². The Labute approximate surface area is 148 Å². The van der Waals surface area contributed by atoms with Crippen LogP contribution >= 0.6 is 0 Å². The van der Waals surface area contributed by atoms with Gasteiger partial charge < -0.3 is 9.64 Å². The quantitative estimate of drug-likeness (QED) is 0.630. The maximum Gasteiger partial charge on any atom is 0.331 e. The lowest BCUT2D eigenvalue weighted by Gasteiger charge is -2.19. The predicted octanol–water partition coefficient (Wildman–Crippen LogP) is 3.80. The first-order chi connectivity index (χ1) is 12.2. The van der Waals surface area contributed by atoms with Crippen molar-refractivity contribution >= 4 is 28.7 Å². The first kappa shape index (κ1) is 17.2. The van der Waals surface area contributed by atoms with Crippen LogP contribution in [0.4, 0.5) is 0 Å². The van der Waals surface area contributed by atoms with Crippen molar-refractivity contribution in [2.24, 2.45) is 0 Å². The third-order valence-corrected chi connectivity index (χ3v) is 4.52. The summed E-state index contributed by atoms with van der Waals surface area (Å²) in [5.74, 6) is -0.593. The van der Waals surface area contributed by atoms with Gasteiger partial charge in [0, 0.05) is 19.2 Å². The monoisotopic (exact) mass is 337 g/mol. The number of fused-ring (bicyclic) bond motifs is 1. The Hall–Kier alpha value is -2.62. The molecule has 4 nitrogen and oxygen atoms in total. The lowest BCUT2D eigenvalue weighted by atomic mass is 10.0. The summed E-state index contributed by atoms with van der Waals surface area (Å²) >= 11 is 0. The van der Waals surface area contributed by atoms with Crippen molar-refractivity contribution in [3.63, 3.8) is 0 Å². The number of hydrogen-bond donors (Lipinski definition) is 0. The Morgan fingerprint density at radius 2 is 1.68 bits per heavy atom. The summed E-state index contributed by atoms with van der Waals surface area (Å²) in [6.07, 6.45) is 7.51. The molecule has 0 unspecified atom stereocenters. The lowest BCUT2D eigenvalue weighted by molar-refractivity contribution is -0.148. The van der Waals surface area contributed by atoms with E-state index in [2.05, 4.69) is 0 Å². The van der Waals surface area contributed by atoms with Gasteiger partial charge in [-0.2, -0.15) is 0 Å². The van der Waals surface area contributed by atoms with Crippen LogP contribution in [0.5, 0.6) is 0 Å². The summed E-state index contributed by atoms with van der Waals surface area (Å²) in [6.45, 7) is 1.35. The van der Waals surface area contributed by atoms with E-state index in [4.69, 9.17) is 4.74 Å². The number of hydrogen-bond acceptors (Lipinski definition) is 3. The second kappa shape index (κ2) is 8.47. The number of amides is 1. The Kier molecular flexibility index (Phi) is 5.83. The molecule has 0 radical (unpaired) electrons. The Morgan fingerprint density at radius 3 is 2.48 bits per heavy atom. The second-order valence-corrected chi connectivity index (χ2v) is 6.30. The molecule has 0 aromatic heterocycles. The van der Waals surface area contributed by atoms with Gasteiger partial charge in [0.05, 0.1) is 0 Å². The van der Waals surface area contributed by atoms with Crippen LogP contribution < -0.4 is 0 Å². The van der Waals surface area contributed by atoms with Gasteiger partial charge in [-0.15, -0.1) is 0 Å². The number of nitrogens with zero attached hydrogens (tertiary/aromatic N) is 1. The van der Waals surface area contributed by atoms with E-state index < -0.39 is 5.97 Å². The lowest BCUT2D eigenvalue weighted by Crippen LogP contribution is -2.35. The molecule has 0 atom stereocenters. The fourth-order valence-corrected chi connectivity index (χ4v) is 3.15. The van der Waals surface area contributed by atoms with E-state index in [1.807, 2.05) is 42.5 Å². The van der Waals surface area contributed by atoms with Gasteiger partial charge in [-0.1, -0.05) is 55.3 Å². The molecular weight excluding hydrogens is 314 g/mol. The van der Waals surface area contributed by atoms with E-state index in [9.17, 15) is 9.59 Å². The molecule has 0 bridgehead atoms. The summed E-state index contributed by atoms with van der Waals surface area (Å²) < 4.78 is 5.11. The molecule has 0 saturated carbocycles. The van der Waals surface area contributed by atoms with Crippen LogP contribution in [-0.2, 0) is 14.3 Å². The highest BCUT2D eigenvalue weighted by Crippen LogP contribution is 2.19. The molecule has 25 heavy (non-hydrogen) atoms. The number of benzene rings is 2. The second-order valence-electron chi connectivity index (χ2n) is 6.30. The molecule has 4 heteroatoms. The minimum atomic E-state index is -0.490. The van der Waals surface area contributed by atoms with Crippen LogP contribution in [0.25, 0.3) is 16.8 Å². The molecule has 1 fully saturated rings. The van der Waals surface area contributed by atoms with E-state index in [0.717, 1.165) is 55.1 Å². The number of ether oxygens (including phenoxy) is 1. The summed E-state index contributed by atoms with van der Waals surface area (Å²) in [5, 5.41) is 2.20. The SMILES string of the molecule is O=C(/C=C/c1cccc2ccccc12)OCC(=O)N1CCCCCC1. The molecule has 1 heterocycles. The highest BCUT2D eigenvalue weighted by atomic mass is 16.5. The van der Waals surface area contributed by atoms with E-state index in [1.165, 1.54) is 6.08 Å². The average Bonchev–Trinajstić information content (AvgIpc) is 2.94. The van der Waals surface area contributed by atoms with Crippen molar-refractivity contribution in [2.75, 3.05) is 19.7 Å². The molecule has 0 N–H and O–H groups in total. The molecule has 0 aliphatic carbocycles. The van der Waals surface area contributed by atoms with E-state index in [1.54, 1.807) is 11.0 Å². The third-order valence-electron chi connectivity index (χ3n) is 4.52. The molecule has 1 aliphatic rings. The van der Waals surface area contributed by atoms with Crippen LogP contribution in [0.2, 0.25) is 0 Å². The number of carbonyl (C=O) groups is 2. The van der Waals surface area contributed by atoms with E-state index in [0.29, 0.717) is 0 Å². The topological polar surface area (TPSA) is 46.6 Å². The Morgan fingerprint density at radius 1 is 0.960 bits per heavy atom. The van der Waals surface area contributed by atoms with Crippen LogP contribution in [0.1, 0.15) is 31.2 Å². The Bertz CT molecular complexity index is 768. The molecule has 1 aliphatic heterocycles. The molecule has 3 rings (SSSR count). The van der Waals surface area contributed by atoms with Crippen LogP contribution in [0.15, 0.2) is 48.5 Å². The van der Waals surface area contributed by atoms with Crippen molar-refractivity contribution in [1.29, 1.82) is 0 Å². The minimum Gasteiger partial charge on any atom is -0.452 e. The average molecular weight is 337 g/mol. The van der Waals surface area contributed by atoms with Gasteiger partial charge in [-0.05, 0) is 35.3 Å². The van der Waals surface area contributed by atoms with Gasteiger partial charge in [0.2, 0.25) is 0 Å². The standard InChI is InChI=1S/C21H23NO3/c23-20(22-14-5-1-2-6-15-22)16-25-21(24)13-12-18-10-7-9-17-8-3-4-11-19(17)18/h3-4,7-13H,1-2,5-6,14-16H2/b13-12+. The zero-order valence-electron chi connectivity index (χ0n) is 14.3. The largest absolute Gasteiger partial charge is 0.452 e. The molecule has 1 amide bonds. The highest BCUT2D eigenvalue weighted by Gasteiger charge is 2.16. The minimum absolute atomic E-state index is 0.103. The molecule has 2 aromatic rings. The predicted molar refractivity (Wildman–Crippen MR) is 99.0 cm³/mol. The number of likely N-dealkylation sites (tertiary alicyclic amines) is 1. The van der Waals surface area contributed by atoms with Crippen molar-refractivity contribution in [1.82, 2.24) is 4.90 Å². The molecule has 2 aromatic carbocycles. The highest BCUT2D eigenvalue weighted by molar-refractivity contribution is 5.95. The van der Waals surface area contributed by atoms with Gasteiger partial charge in [0.15, 0.2) is 6.61 Å². The van der Waals surface area contributed by atoms with Gasteiger partial charge in [-0.3, -0.25) is 4.79 Å². The maximum atomic E-state index is 12.1. The third kappa shape index (κ3) is 4.69. The van der Waals surface area contributed by atoms with E-state index >= 15 is 0 Å². The fraction of sp³-hybridized carbons (Fsp3) is 0.333. The van der Waals surface area contributed by atoms with Gasteiger partial charge in [0.1, 0.15) is 0 Å². The molecule has 1 saturated heterocycles. The molecule has 0 spiro atoms. The summed E-state index contributed by atoms with van der Waals surface area (Å²) in [7, 11) is 0. The number of carbonyl (C=O) groups excluding carboxylic acids is 2. The van der Waals surface area contributed by atoms with Crippen LogP contribution in [0, 0.1) is 0 Å². The maximum absolute atomic E-state index is 12.1. The molecular formula is C21H23NO3. The number of esters is 1. The van der Waals surface area contributed by atoms with Gasteiger partial charge in [-0.25, -0.2) is 4.79 Å². The summed E-state index contributed by atoms with van der Waals surface area (Å²) in [4.78, 5) is 25.9. The van der Waals surface area contributed by atoms with Crippen molar-refractivity contribution in [3.8, 4) is 0 Å². The smallest absolute Gasteiger partial charge is 0.331 e. The first-order valence-corrected chi connectivity index (χ1v) is 8.84. The van der Waals surface area contributed by atoms with E-state index in [-0.39, 0.29) is 12.5 Å². The Balaban J connectivity index is 1.56. The van der Waals surface area contributed by atoms with Crippen molar-refractivity contribution in [3.05, 3.63) is 54.1 Å². The first-order valence-electron chi connectivity index (χ1n) is 8.84. The van der Waals surface area contributed by atoms with Crippen LogP contribution in [-0.4, -0.2) is 36.5 Å². The normalized spacial score (nSPS) is 15.3. The van der Waals surface area contributed by atoms with Gasteiger partial charge in [0.25, 0.3) is 5.91 Å². The zero-order valence-corrected chi connectivity index (χ0v) is 14.3. The van der Waals surface area contributed by atoms with Gasteiger partial charge >= 0.3 is 5.97 Å². The number of rotatable bonds is 4. The summed E-state index contributed by atoms with van der Waals surface area (Å²) in [5.41, 5.74) is 0.953. The zero-order chi connectivity index (χ0) is 17.5. The fourth-order valence-electron chi connectivity index (χ4n) is 3.15.